The smallest absolute Gasteiger partial charge is 0.121 e. The number of fused-ring (bicyclic) bond motifs is 1. The number of hydrogen-bond donors (Lipinski definition) is 2. The third kappa shape index (κ3) is 3.88. The van der Waals surface area contributed by atoms with E-state index in [0.717, 1.165) is 58.2 Å². The van der Waals surface area contributed by atoms with Gasteiger partial charge >= 0.3 is 0 Å². The van der Waals surface area contributed by atoms with E-state index < -0.39 is 0 Å². The first kappa shape index (κ1) is 17.0. The lowest BCUT2D eigenvalue weighted by Gasteiger charge is -2.12. The standard InChI is InChI=1S/C18H19N3OS3/c1-22-13-8-12-9-14(16-11-23-7-5-19-16)20-18(12)15(10-13)21-25-17-4-2-3-6-24-17/h3-4,6,8-10,20-21H,2,5,7,11H2,1H3. The van der Waals surface area contributed by atoms with Crippen LogP contribution in [0.3, 0.4) is 0 Å². The van der Waals surface area contributed by atoms with Gasteiger partial charge in [0.2, 0.25) is 0 Å². The van der Waals surface area contributed by atoms with Crippen LogP contribution in [0.4, 0.5) is 5.69 Å². The van der Waals surface area contributed by atoms with Crippen molar-refractivity contribution in [3.63, 3.8) is 0 Å². The molecule has 130 valence electrons. The molecular formula is C18H19N3OS3. The van der Waals surface area contributed by atoms with Crippen molar-refractivity contribution in [1.82, 2.24) is 4.98 Å². The van der Waals surface area contributed by atoms with E-state index in [0.29, 0.717) is 0 Å². The number of benzene rings is 1. The van der Waals surface area contributed by atoms with E-state index in [-0.39, 0.29) is 0 Å². The van der Waals surface area contributed by atoms with Crippen LogP contribution in [-0.2, 0) is 0 Å². The minimum Gasteiger partial charge on any atom is -0.497 e. The molecule has 25 heavy (non-hydrogen) atoms. The third-order valence-electron chi connectivity index (χ3n) is 3.99. The molecular weight excluding hydrogens is 370 g/mol. The highest BCUT2D eigenvalue weighted by Gasteiger charge is 2.14. The summed E-state index contributed by atoms with van der Waals surface area (Å²) < 4.78 is 10.2. The van der Waals surface area contributed by atoms with Crippen LogP contribution >= 0.6 is 35.5 Å². The maximum atomic E-state index is 5.48. The van der Waals surface area contributed by atoms with Crippen LogP contribution in [0.2, 0.25) is 0 Å². The highest BCUT2D eigenvalue weighted by Crippen LogP contribution is 2.37. The summed E-state index contributed by atoms with van der Waals surface area (Å²) >= 11 is 5.32. The Morgan fingerprint density at radius 3 is 3.04 bits per heavy atom. The Kier molecular flexibility index (Phi) is 5.33. The minimum atomic E-state index is 0.853. The number of H-pyrrole nitrogens is 1. The monoisotopic (exact) mass is 389 g/mol. The summed E-state index contributed by atoms with van der Waals surface area (Å²) in [6, 6.07) is 6.28. The van der Waals surface area contributed by atoms with Crippen molar-refractivity contribution in [2.75, 3.05) is 29.9 Å². The lowest BCUT2D eigenvalue weighted by Crippen LogP contribution is -2.12. The first-order valence-electron chi connectivity index (χ1n) is 8.10. The Morgan fingerprint density at radius 2 is 2.28 bits per heavy atom. The van der Waals surface area contributed by atoms with E-state index in [2.05, 4.69) is 44.4 Å². The SMILES string of the molecule is COc1cc(NSC2=CCC=CS2)c2[nH]c(C3=NCCSC3)cc2c1. The van der Waals surface area contributed by atoms with Gasteiger partial charge in [0.25, 0.3) is 0 Å². The molecule has 4 rings (SSSR count). The largest absolute Gasteiger partial charge is 0.497 e. The fourth-order valence-electron chi connectivity index (χ4n) is 2.75. The van der Waals surface area contributed by atoms with Gasteiger partial charge in [-0.15, -0.1) is 0 Å². The lowest BCUT2D eigenvalue weighted by atomic mass is 10.2. The molecule has 0 spiro atoms. The van der Waals surface area contributed by atoms with Crippen molar-refractivity contribution >= 4 is 57.8 Å². The Labute approximate surface area is 160 Å². The van der Waals surface area contributed by atoms with E-state index in [4.69, 9.17) is 4.74 Å². The number of aromatic nitrogens is 1. The minimum absolute atomic E-state index is 0.853. The molecule has 0 bridgehead atoms. The molecule has 0 aliphatic carbocycles. The zero-order valence-electron chi connectivity index (χ0n) is 13.9. The van der Waals surface area contributed by atoms with Crippen LogP contribution in [0.15, 0.2) is 45.0 Å². The molecule has 7 heteroatoms. The van der Waals surface area contributed by atoms with Gasteiger partial charge in [-0.2, -0.15) is 11.8 Å². The van der Waals surface area contributed by atoms with Crippen LogP contribution in [0.25, 0.3) is 10.9 Å². The van der Waals surface area contributed by atoms with Crippen molar-refractivity contribution in [2.24, 2.45) is 4.99 Å². The zero-order valence-corrected chi connectivity index (χ0v) is 16.3. The summed E-state index contributed by atoms with van der Waals surface area (Å²) in [5.41, 5.74) is 4.39. The van der Waals surface area contributed by atoms with Crippen molar-refractivity contribution in [3.8, 4) is 5.75 Å². The Balaban J connectivity index is 1.65. The summed E-state index contributed by atoms with van der Waals surface area (Å²) in [6.07, 6.45) is 5.39. The Bertz CT molecular complexity index is 870. The van der Waals surface area contributed by atoms with Gasteiger partial charge in [0.15, 0.2) is 0 Å². The molecule has 2 N–H and O–H groups in total. The number of ether oxygens (including phenoxy) is 1. The zero-order chi connectivity index (χ0) is 17.1. The molecule has 2 aromatic rings. The van der Waals surface area contributed by atoms with E-state index >= 15 is 0 Å². The van der Waals surface area contributed by atoms with Crippen LogP contribution < -0.4 is 9.46 Å². The first-order valence-corrected chi connectivity index (χ1v) is 11.0. The van der Waals surface area contributed by atoms with Crippen molar-refractivity contribution < 1.29 is 4.74 Å². The number of thioether (sulfide) groups is 2. The second-order valence-electron chi connectivity index (χ2n) is 5.66. The van der Waals surface area contributed by atoms with Gasteiger partial charge in [0.1, 0.15) is 5.75 Å². The summed E-state index contributed by atoms with van der Waals surface area (Å²) in [5.74, 6) is 2.94. The predicted molar refractivity (Wildman–Crippen MR) is 114 cm³/mol. The van der Waals surface area contributed by atoms with Crippen molar-refractivity contribution in [1.29, 1.82) is 0 Å². The molecule has 0 radical (unpaired) electrons. The first-order chi connectivity index (χ1) is 12.3. The normalized spacial score (nSPS) is 17.3. The summed E-state index contributed by atoms with van der Waals surface area (Å²) in [4.78, 5) is 8.23. The highest BCUT2D eigenvalue weighted by atomic mass is 32.2. The molecule has 0 saturated heterocycles. The van der Waals surface area contributed by atoms with Gasteiger partial charge in [0, 0.05) is 29.5 Å². The molecule has 0 fully saturated rings. The quantitative estimate of drug-likeness (QED) is 0.683. The molecule has 3 heterocycles. The second-order valence-corrected chi connectivity index (χ2v) is 8.82. The van der Waals surface area contributed by atoms with Gasteiger partial charge in [0.05, 0.1) is 34.0 Å². The number of nitrogens with one attached hydrogen (secondary N) is 2. The average Bonchev–Trinajstić information content (AvgIpc) is 3.12. The topological polar surface area (TPSA) is 49.4 Å². The molecule has 0 unspecified atom stereocenters. The molecule has 2 aliphatic rings. The number of nitrogens with zero attached hydrogens (tertiary/aromatic N) is 1. The van der Waals surface area contributed by atoms with E-state index in [9.17, 15) is 0 Å². The van der Waals surface area contributed by atoms with Gasteiger partial charge in [-0.1, -0.05) is 23.9 Å². The average molecular weight is 390 g/mol. The second kappa shape index (κ2) is 7.85. The van der Waals surface area contributed by atoms with Crippen LogP contribution in [0.1, 0.15) is 12.1 Å². The van der Waals surface area contributed by atoms with E-state index in [1.807, 2.05) is 17.8 Å². The summed E-state index contributed by atoms with van der Waals surface area (Å²) in [7, 11) is 1.71. The number of aliphatic imine (C=N–C) groups is 1. The van der Waals surface area contributed by atoms with E-state index in [1.54, 1.807) is 30.8 Å². The van der Waals surface area contributed by atoms with Gasteiger partial charge in [-0.3, -0.25) is 4.99 Å². The van der Waals surface area contributed by atoms with Crippen LogP contribution in [-0.4, -0.2) is 35.9 Å². The summed E-state index contributed by atoms with van der Waals surface area (Å²) in [5, 5.41) is 3.28. The number of aromatic amines is 1. The molecule has 1 aromatic carbocycles. The number of anilines is 1. The molecule has 4 nitrogen and oxygen atoms in total. The molecule has 1 aromatic heterocycles. The molecule has 2 aliphatic heterocycles. The predicted octanol–water partition coefficient (Wildman–Crippen LogP) is 5.26. The van der Waals surface area contributed by atoms with Crippen molar-refractivity contribution in [3.05, 3.63) is 45.7 Å². The maximum Gasteiger partial charge on any atom is 0.121 e. The number of hydrogen-bond acceptors (Lipinski definition) is 6. The lowest BCUT2D eigenvalue weighted by molar-refractivity contribution is 0.415. The fraction of sp³-hybridized carbons (Fsp3) is 0.278. The number of methoxy groups -OCH3 is 1. The highest BCUT2D eigenvalue weighted by molar-refractivity contribution is 8.24. The van der Waals surface area contributed by atoms with Crippen molar-refractivity contribution in [2.45, 2.75) is 6.42 Å². The van der Waals surface area contributed by atoms with Gasteiger partial charge in [-0.05, 0) is 35.9 Å². The Morgan fingerprint density at radius 1 is 1.32 bits per heavy atom. The molecule has 0 atom stereocenters. The fourth-order valence-corrected chi connectivity index (χ4v) is 5.12. The molecule has 0 saturated carbocycles. The Hall–Kier alpha value is -1.44. The van der Waals surface area contributed by atoms with Gasteiger partial charge in [-0.25, -0.2) is 0 Å². The van der Waals surface area contributed by atoms with Crippen LogP contribution in [0.5, 0.6) is 5.75 Å². The van der Waals surface area contributed by atoms with Crippen LogP contribution in [0, 0.1) is 0 Å². The third-order valence-corrected chi connectivity index (χ3v) is 6.89. The van der Waals surface area contributed by atoms with E-state index in [1.165, 1.54) is 4.24 Å². The maximum absolute atomic E-state index is 5.48. The van der Waals surface area contributed by atoms with Gasteiger partial charge < -0.3 is 14.4 Å². The number of rotatable bonds is 5. The molecule has 0 amide bonds. The summed E-state index contributed by atoms with van der Waals surface area (Å²) in [6.45, 7) is 0.901. The number of allylic oxidation sites excluding steroid dienone is 2.